The van der Waals surface area contributed by atoms with Gasteiger partial charge in [-0.1, -0.05) is 60.7 Å². The van der Waals surface area contributed by atoms with E-state index >= 15 is 0 Å². The highest BCUT2D eigenvalue weighted by atomic mass is 31.1. The molecule has 0 atom stereocenters. The maximum absolute atomic E-state index is 6.07. The van der Waals surface area contributed by atoms with Crippen LogP contribution in [0.25, 0.3) is 0 Å². The summed E-state index contributed by atoms with van der Waals surface area (Å²) in [6, 6.07) is 37.4. The molecule has 0 aliphatic rings. The Morgan fingerprint density at radius 2 is 0.868 bits per heavy atom. The minimum Gasteiger partial charge on any atom is -0.457 e. The SMILES string of the molecule is Cc1c(C)c(C)p(CCP(c2ccc(Oc3ccccc3)cc2)c2ccc(Oc3ccccc3)cc2)c1C. The Morgan fingerprint density at radius 1 is 0.500 bits per heavy atom. The van der Waals surface area contributed by atoms with Gasteiger partial charge in [0.2, 0.25) is 0 Å². The number of benzene rings is 4. The largest absolute Gasteiger partial charge is 0.457 e. The van der Waals surface area contributed by atoms with Crippen molar-refractivity contribution in [3.05, 3.63) is 131 Å². The molecule has 5 rings (SSSR count). The summed E-state index contributed by atoms with van der Waals surface area (Å²) in [5.74, 6) is 3.45. The van der Waals surface area contributed by atoms with Crippen LogP contribution in [0.1, 0.15) is 21.7 Å². The molecule has 38 heavy (non-hydrogen) atoms. The molecule has 0 radical (unpaired) electrons. The average molecular weight is 537 g/mol. The molecule has 0 fully saturated rings. The first-order valence-corrected chi connectivity index (χ1v) is 16.1. The number of hydrogen-bond acceptors (Lipinski definition) is 2. The van der Waals surface area contributed by atoms with E-state index in [1.165, 1.54) is 27.9 Å². The van der Waals surface area contributed by atoms with Gasteiger partial charge >= 0.3 is 0 Å². The minimum absolute atomic E-state index is 0.213. The van der Waals surface area contributed by atoms with E-state index in [0.717, 1.165) is 29.2 Å². The minimum atomic E-state index is -0.517. The van der Waals surface area contributed by atoms with Gasteiger partial charge in [-0.2, -0.15) is 0 Å². The lowest BCUT2D eigenvalue weighted by Crippen LogP contribution is -2.14. The van der Waals surface area contributed by atoms with Crippen LogP contribution < -0.4 is 20.1 Å². The molecule has 0 saturated carbocycles. The van der Waals surface area contributed by atoms with Crippen LogP contribution in [0.3, 0.4) is 0 Å². The van der Waals surface area contributed by atoms with Crippen LogP contribution in [0.2, 0.25) is 0 Å². The molecule has 0 bridgehead atoms. The Morgan fingerprint density at radius 3 is 1.26 bits per heavy atom. The third-order valence-corrected chi connectivity index (χ3v) is 13.1. The molecule has 0 amide bonds. The molecule has 2 nitrogen and oxygen atoms in total. The highest BCUT2D eigenvalue weighted by Gasteiger charge is 2.18. The molecule has 0 N–H and O–H groups in total. The number of hydrogen-bond donors (Lipinski definition) is 0. The second-order valence-electron chi connectivity index (χ2n) is 9.54. The standard InChI is InChI=1S/C34H34O2P2/c1-25-26(2)28(4)37(27(25)3)23-24-38(33-19-15-31(16-20-33)35-29-11-7-5-8-12-29)34-21-17-32(18-22-34)36-30-13-9-6-10-14-30/h5-22H,23-24H2,1-4H3. The van der Waals surface area contributed by atoms with E-state index in [4.69, 9.17) is 9.47 Å². The van der Waals surface area contributed by atoms with E-state index in [1.54, 1.807) is 10.6 Å². The molecule has 1 aromatic heterocycles. The van der Waals surface area contributed by atoms with Crippen LogP contribution >= 0.6 is 15.5 Å². The molecule has 4 heteroatoms. The monoisotopic (exact) mass is 536 g/mol. The highest BCUT2D eigenvalue weighted by molar-refractivity contribution is 7.73. The first-order valence-electron chi connectivity index (χ1n) is 13.1. The summed E-state index contributed by atoms with van der Waals surface area (Å²) < 4.78 is 12.1. The molecule has 5 aromatic rings. The molecular formula is C34H34O2P2. The molecule has 1 heterocycles. The van der Waals surface area contributed by atoms with Crippen molar-refractivity contribution in [2.24, 2.45) is 0 Å². The van der Waals surface area contributed by atoms with E-state index in [1.807, 2.05) is 60.7 Å². The smallest absolute Gasteiger partial charge is 0.127 e. The second kappa shape index (κ2) is 12.0. The van der Waals surface area contributed by atoms with Crippen molar-refractivity contribution >= 4 is 26.1 Å². The van der Waals surface area contributed by atoms with Gasteiger partial charge in [0.25, 0.3) is 0 Å². The van der Waals surface area contributed by atoms with Gasteiger partial charge in [0.05, 0.1) is 0 Å². The quantitative estimate of drug-likeness (QED) is 0.175. The van der Waals surface area contributed by atoms with Crippen molar-refractivity contribution in [2.45, 2.75) is 33.9 Å². The molecule has 0 spiro atoms. The maximum atomic E-state index is 6.07. The molecule has 4 aromatic carbocycles. The molecule has 0 unspecified atom stereocenters. The fraction of sp³-hybridized carbons (Fsp3) is 0.176. The van der Waals surface area contributed by atoms with Gasteiger partial charge < -0.3 is 9.47 Å². The lowest BCUT2D eigenvalue weighted by atomic mass is 10.2. The van der Waals surface area contributed by atoms with Gasteiger partial charge in [0.1, 0.15) is 23.0 Å². The van der Waals surface area contributed by atoms with Crippen molar-refractivity contribution in [1.29, 1.82) is 0 Å². The molecule has 192 valence electrons. The summed E-state index contributed by atoms with van der Waals surface area (Å²) in [7, 11) is -0.730. The van der Waals surface area contributed by atoms with Gasteiger partial charge in [0.15, 0.2) is 0 Å². The fourth-order valence-corrected chi connectivity index (χ4v) is 10.5. The second-order valence-corrected chi connectivity index (χ2v) is 14.5. The summed E-state index contributed by atoms with van der Waals surface area (Å²) in [4.78, 5) is 0. The van der Waals surface area contributed by atoms with Crippen molar-refractivity contribution in [1.82, 2.24) is 0 Å². The van der Waals surface area contributed by atoms with Crippen LogP contribution in [0.15, 0.2) is 109 Å². The van der Waals surface area contributed by atoms with E-state index in [-0.39, 0.29) is 7.53 Å². The van der Waals surface area contributed by atoms with E-state index in [2.05, 4.69) is 76.2 Å². The Labute approximate surface area is 229 Å². The molecule has 0 saturated heterocycles. The first kappa shape index (κ1) is 26.3. The zero-order valence-electron chi connectivity index (χ0n) is 22.5. The third-order valence-electron chi connectivity index (χ3n) is 7.26. The normalized spacial score (nSPS) is 11.1. The summed E-state index contributed by atoms with van der Waals surface area (Å²) in [6.07, 6.45) is 2.38. The van der Waals surface area contributed by atoms with Gasteiger partial charge in [-0.05, 0) is 129 Å². The van der Waals surface area contributed by atoms with E-state index in [0.29, 0.717) is 0 Å². The Balaban J connectivity index is 1.40. The van der Waals surface area contributed by atoms with Gasteiger partial charge in [-0.3, -0.25) is 0 Å². The van der Waals surface area contributed by atoms with Gasteiger partial charge in [0, 0.05) is 0 Å². The van der Waals surface area contributed by atoms with Crippen molar-refractivity contribution in [2.75, 3.05) is 6.16 Å². The lowest BCUT2D eigenvalue weighted by Gasteiger charge is -2.20. The lowest BCUT2D eigenvalue weighted by molar-refractivity contribution is 0.482. The van der Waals surface area contributed by atoms with Gasteiger partial charge in [-0.25, -0.2) is 0 Å². The first-order chi connectivity index (χ1) is 18.5. The molecular weight excluding hydrogens is 502 g/mol. The number of para-hydroxylation sites is 2. The third kappa shape index (κ3) is 6.05. The van der Waals surface area contributed by atoms with E-state index in [9.17, 15) is 0 Å². The predicted octanol–water partition coefficient (Wildman–Crippen LogP) is 9.62. The summed E-state index contributed by atoms with van der Waals surface area (Å²) in [5.41, 5.74) is 3.01. The zero-order valence-corrected chi connectivity index (χ0v) is 24.3. The number of ether oxygens (including phenoxy) is 2. The Hall–Kier alpha value is -3.31. The summed E-state index contributed by atoms with van der Waals surface area (Å²) >= 11 is 0. The van der Waals surface area contributed by atoms with Crippen molar-refractivity contribution < 1.29 is 9.47 Å². The van der Waals surface area contributed by atoms with Gasteiger partial charge in [-0.15, -0.1) is 7.53 Å². The topological polar surface area (TPSA) is 18.5 Å². The van der Waals surface area contributed by atoms with Crippen LogP contribution in [0, 0.1) is 27.7 Å². The van der Waals surface area contributed by atoms with E-state index < -0.39 is 7.92 Å². The highest BCUT2D eigenvalue weighted by Crippen LogP contribution is 2.48. The van der Waals surface area contributed by atoms with Crippen LogP contribution in [0.5, 0.6) is 23.0 Å². The summed E-state index contributed by atoms with van der Waals surface area (Å²) in [6.45, 7) is 9.26. The Kier molecular flexibility index (Phi) is 8.33. The van der Waals surface area contributed by atoms with Crippen LogP contribution in [-0.4, -0.2) is 6.16 Å². The fourth-order valence-electron chi connectivity index (χ4n) is 4.78. The number of rotatable bonds is 9. The van der Waals surface area contributed by atoms with Crippen molar-refractivity contribution in [3.63, 3.8) is 0 Å². The zero-order chi connectivity index (χ0) is 26.5. The van der Waals surface area contributed by atoms with Crippen molar-refractivity contribution in [3.8, 4) is 23.0 Å². The predicted molar refractivity (Wildman–Crippen MR) is 165 cm³/mol. The summed E-state index contributed by atoms with van der Waals surface area (Å²) in [5, 5.41) is 5.96. The van der Waals surface area contributed by atoms with Crippen LogP contribution in [-0.2, 0) is 6.16 Å². The van der Waals surface area contributed by atoms with Crippen LogP contribution in [0.4, 0.5) is 0 Å². The Bertz CT molecular complexity index is 1360. The maximum Gasteiger partial charge on any atom is 0.127 e. The molecule has 0 aliphatic heterocycles. The average Bonchev–Trinajstić information content (AvgIpc) is 3.13. The molecule has 0 aliphatic carbocycles.